The number of carboxylic acid groups (broad SMARTS) is 1. The van der Waals surface area contributed by atoms with Crippen LogP contribution in [0.25, 0.3) is 1.43 Å². The van der Waals surface area contributed by atoms with E-state index in [4.69, 9.17) is 17.8 Å². The second-order valence-corrected chi connectivity index (χ2v) is 11.4. The highest BCUT2D eigenvalue weighted by molar-refractivity contribution is 6.31. The topological polar surface area (TPSA) is 53.0 Å². The summed E-state index contributed by atoms with van der Waals surface area (Å²) in [7, 11) is 0. The zero-order valence-electron chi connectivity index (χ0n) is 22.5. The fourth-order valence-electron chi connectivity index (χ4n) is 5.45. The Labute approximate surface area is 365 Å². The van der Waals surface area contributed by atoms with E-state index >= 15 is 0 Å². The molecule has 1 saturated heterocycles. The first-order valence-electron chi connectivity index (χ1n) is 12.3. The number of halogens is 1. The summed E-state index contributed by atoms with van der Waals surface area (Å²) in [4.78, 5) is 16.5. The van der Waals surface area contributed by atoms with Gasteiger partial charge in [0.1, 0.15) is 6.61 Å². The van der Waals surface area contributed by atoms with Crippen LogP contribution in [-0.4, -0.2) is 63.8 Å². The van der Waals surface area contributed by atoms with Gasteiger partial charge in [0.25, 0.3) is 1.43 Å². The van der Waals surface area contributed by atoms with Gasteiger partial charge in [-0.25, -0.2) is 4.79 Å². The lowest BCUT2D eigenvalue weighted by Gasteiger charge is -2.64. The van der Waals surface area contributed by atoms with Crippen LogP contribution in [0.1, 0.15) is 213 Å². The van der Waals surface area contributed by atoms with Crippen LogP contribution in [0.4, 0.5) is 0 Å². The first-order valence-corrected chi connectivity index (χ1v) is 12.3. The van der Waals surface area contributed by atoms with Gasteiger partial charge in [-0.15, -0.1) is 0 Å². The van der Waals surface area contributed by atoms with Gasteiger partial charge in [0.2, 0.25) is 0 Å². The molecule has 1 fully saturated rings. The van der Waals surface area contributed by atoms with Crippen LogP contribution in [0.15, 0.2) is 48.5 Å². The molecule has 6 heteroatoms. The molecule has 0 aliphatic carbocycles. The minimum atomic E-state index is -0.686. The number of hydrogen-bond donors (Lipinski definition) is 1. The maximum Gasteiger partial charge on any atom is 0.329 e. The number of carboxylic acids is 1. The minimum absolute atomic E-state index is 0. The number of carbonyl (C=O) groups is 1. The van der Waals surface area contributed by atoms with Gasteiger partial charge in [0.15, 0.2) is 0 Å². The first kappa shape index (κ1) is 25.2. The SMILES string of the molecule is [2H]OC(=O)COCC(C)(C)N1CCN([C@H](c2ccccc2)c2ccc(Cl)c(C)c2)C(C)(C)C1(C)C.[HH].[HH].[HH].[HH].[HH].[HH].[HH].[HH].[HH].[HH].[HH].[HH].[HH].[HH].[HH].[HH].[HH].[HH].[HH].[HH].[HH].[HH].[HH].[HH].[HH].[HH].[HH].[HH].[HH].[HH].[HH].[HH].[HH].[HH].[HH].[HH].[HH].[HH].[HH].[HH].[HH].[HH].[HH].[HH].[HH].[HH].[HH].[HH].[HH].[HH].[HH].[HH].[HH].[HH].[HH].[HH].[HH].[HH].[HH].[HH].[HH].[HH].[HH].[HH].[HH].[HH].[HH].[HH].[HH].[HH].[HH].[HH].[HH].[HH].[HH].[HH].[HH].[HH].[HH].[HH].[HH].[HH].[HH].[HH].[HH].[HH].[HH].[HH].[HH].[HH].[HH].[HH].[HH].[HH].[HH].[HH].[HH].[HH].[HH].[HH].[HH].[HH].[HH].[HH]. The molecule has 0 spiro atoms. The maximum absolute atomic E-state index is 11.4. The molecule has 1 aliphatic rings. The van der Waals surface area contributed by atoms with Crippen LogP contribution in [0.2, 0.25) is 5.02 Å². The van der Waals surface area contributed by atoms with Crippen molar-refractivity contribution in [2.75, 3.05) is 26.3 Å². The molecule has 0 aromatic heterocycles. The molecule has 0 radical (unpaired) electrons. The van der Waals surface area contributed by atoms with Crippen molar-refractivity contribution in [2.24, 2.45) is 0 Å². The molecular formula is C28H247ClN2O3. The van der Waals surface area contributed by atoms with E-state index in [0.29, 0.717) is 6.61 Å². The lowest BCUT2D eigenvalue weighted by atomic mass is 9.73. The Morgan fingerprint density at radius 3 is 2.44 bits per heavy atom. The van der Waals surface area contributed by atoms with Crippen molar-refractivity contribution in [2.45, 2.75) is 71.1 Å². The molecule has 1 aliphatic heterocycles. The van der Waals surface area contributed by atoms with Crippen molar-refractivity contribution in [3.8, 4) is 0 Å². The molecule has 3 rings (SSSR count). The number of rotatable bonds is 8. The van der Waals surface area contributed by atoms with Crippen LogP contribution in [0.3, 0.4) is 0 Å². The number of piperazine rings is 1. The first-order chi connectivity index (χ1) is 16.3. The number of nitrogens with zero attached hydrogens (tertiary/aromatic N) is 2. The molecule has 394 valence electrons. The molecule has 0 bridgehead atoms. The molecule has 2 aromatic carbocycles. The zero-order chi connectivity index (χ0) is 26.0. The van der Waals surface area contributed by atoms with Crippen molar-refractivity contribution in [1.29, 1.82) is 1.43 Å². The fraction of sp³-hybridized carbons (Fsp3) is 0.536. The quantitative estimate of drug-likeness (QED) is 0.298. The summed E-state index contributed by atoms with van der Waals surface area (Å²) >= 11 is 6.39. The summed E-state index contributed by atoms with van der Waals surface area (Å²) in [6.45, 7) is 17.4. The highest BCUT2D eigenvalue weighted by Gasteiger charge is 2.54. The van der Waals surface area contributed by atoms with Gasteiger partial charge in [-0.1, -0.05) is 54.1 Å². The maximum atomic E-state index is 11.4. The fourth-order valence-corrected chi connectivity index (χ4v) is 5.56. The Morgan fingerprint density at radius 2 is 1.82 bits per heavy atom. The van der Waals surface area contributed by atoms with E-state index in [1.54, 1.807) is 0 Å². The lowest BCUT2D eigenvalue weighted by Crippen LogP contribution is -2.75. The highest BCUT2D eigenvalue weighted by Crippen LogP contribution is 2.46. The monoisotopic (exact) mass is 697 g/mol. The van der Waals surface area contributed by atoms with Crippen LogP contribution in [0, 0.1) is 6.92 Å². The van der Waals surface area contributed by atoms with Crippen molar-refractivity contribution in [1.82, 2.24) is 9.80 Å². The Morgan fingerprint density at radius 1 is 1.15 bits per heavy atom. The van der Waals surface area contributed by atoms with Crippen molar-refractivity contribution in [3.63, 3.8) is 0 Å². The van der Waals surface area contributed by atoms with Gasteiger partial charge in [-0.05, 0) is 71.2 Å². The number of hydrogen-bond acceptors (Lipinski definition) is 5. The average Bonchev–Trinajstić information content (AvgIpc) is 2.79. The molecule has 1 N–H and O–H groups in total. The molecule has 1 heterocycles. The predicted molar refractivity (Wildman–Crippen MR) is 358 cm³/mol. The van der Waals surface area contributed by atoms with Crippen LogP contribution < -0.4 is 0 Å². The lowest BCUT2D eigenvalue weighted by molar-refractivity contribution is -0.155. The number of ether oxygens (including phenoxy) is 1. The molecule has 1 atom stereocenters. The Kier molecular flexibility index (Phi) is 7.39. The van der Waals surface area contributed by atoms with Crippen LogP contribution in [-0.2, 0) is 9.53 Å². The Hall–Kier alpha value is -1.92. The van der Waals surface area contributed by atoms with E-state index in [0.717, 1.165) is 23.7 Å². The third-order valence-corrected chi connectivity index (χ3v) is 8.21. The average molecular weight is 698 g/mol. The van der Waals surface area contributed by atoms with E-state index in [1.807, 2.05) is 6.07 Å². The zero-order valence-corrected chi connectivity index (χ0v) is 22.3. The molecular weight excluding hydrogens is 448 g/mol. The number of aliphatic carboxylic acids is 1. The smallest absolute Gasteiger partial charge is 0.329 e. The normalized spacial score (nSPS) is 19.9. The largest absolute Gasteiger partial charge is 0.480 e. The molecule has 0 saturated carbocycles. The third-order valence-electron chi connectivity index (χ3n) is 7.79. The van der Waals surface area contributed by atoms with E-state index in [9.17, 15) is 4.79 Å². The number of aryl methyl sites for hydroxylation is 1. The van der Waals surface area contributed by atoms with Gasteiger partial charge in [0.05, 0.1) is 12.6 Å². The van der Waals surface area contributed by atoms with E-state index in [-0.39, 0.29) is 178 Å². The molecule has 34 heavy (non-hydrogen) atoms. The predicted octanol–water partition coefficient (Wildman–Crippen LogP) is 31.4. The van der Waals surface area contributed by atoms with E-state index < -0.39 is 5.97 Å². The van der Waals surface area contributed by atoms with E-state index in [1.165, 1.54) is 11.1 Å². The summed E-state index contributed by atoms with van der Waals surface area (Å²) in [5, 5.41) is 4.76. The van der Waals surface area contributed by atoms with Gasteiger partial charge in [-0.2, -0.15) is 0 Å². The van der Waals surface area contributed by atoms with Crippen molar-refractivity contribution < 1.29 is 163 Å². The molecule has 5 nitrogen and oxygen atoms in total. The second-order valence-electron chi connectivity index (χ2n) is 11.0. The second kappa shape index (κ2) is 9.98. The Bertz CT molecular complexity index is 1130. The number of benzene rings is 2. The van der Waals surface area contributed by atoms with Gasteiger partial charge in [-0.3, -0.25) is 9.80 Å². The third kappa shape index (κ3) is 5.18. The molecule has 0 amide bonds. The van der Waals surface area contributed by atoms with Crippen molar-refractivity contribution >= 4 is 17.6 Å². The standard InChI is InChI=1S/C28H39ClN2O3.104H2/c1-20-17-22(13-14-23(20)29)25(21-11-9-8-10-12-21)30-15-16-31(28(6,7)27(30,4)5)26(2,3)19-34-18-24(32)33;;;;;;;;;;;;;;;;;;;;;;;;;;;;;;;;;;;;;;;;;;;;;;;;;;;;;;;;;;;;;;;;;;;;;;;;;;;;;;;;;;;;;;;;;;;;;;;;;;;;;;;;/h8-14,17,25H,15-16,18-19H2,1-7H3,(H,32,33);104*1H/t25-;;;;;;;;;;;;;;;;;;;;;;;;;;;;;;;;;;;;;;;;;;;;;;;;;;;;;;;;;;;;;;;;;;;;;;;;;;;;;;;;;;;;;;;;;;;;;;;;;;;;;;;;/m1......................................................................................................../s1/i/hD. The van der Waals surface area contributed by atoms with Crippen molar-refractivity contribution in [3.05, 3.63) is 70.2 Å². The van der Waals surface area contributed by atoms with Gasteiger partial charge < -0.3 is 9.85 Å². The Balaban J connectivity index is -0.00000000132. The summed E-state index contributed by atoms with van der Waals surface area (Å²) in [6.07, 6.45) is 0. The van der Waals surface area contributed by atoms with Crippen LogP contribution in [0.5, 0.6) is 0 Å². The molecule has 0 unspecified atom stereocenters. The summed E-state index contributed by atoms with van der Waals surface area (Å²) in [5.41, 5.74) is 2.77. The van der Waals surface area contributed by atoms with Gasteiger partial charge >= 0.3 is 5.97 Å². The van der Waals surface area contributed by atoms with Crippen LogP contribution >= 0.6 is 11.6 Å². The summed E-state index contributed by atoms with van der Waals surface area (Å²) in [5.74, 6) is -0.686. The molecule has 2 aromatic rings. The van der Waals surface area contributed by atoms with E-state index in [2.05, 4.69) is 106 Å². The highest BCUT2D eigenvalue weighted by atomic mass is 35.5. The minimum Gasteiger partial charge on any atom is -0.480 e. The van der Waals surface area contributed by atoms with Gasteiger partial charge in [0, 0.05) is 183 Å². The summed E-state index contributed by atoms with van der Waals surface area (Å²) < 4.78 is 12.4. The summed E-state index contributed by atoms with van der Waals surface area (Å²) in [6, 6.07) is 17.1.